The number of halogens is 2. The molecule has 0 radical (unpaired) electrons. The van der Waals surface area contributed by atoms with Gasteiger partial charge in [0.15, 0.2) is 5.78 Å². The molecule has 23 heavy (non-hydrogen) atoms. The maximum atomic E-state index is 12.1. The maximum absolute atomic E-state index is 12.1. The van der Waals surface area contributed by atoms with Gasteiger partial charge in [0.2, 0.25) is 0 Å². The van der Waals surface area contributed by atoms with Crippen LogP contribution in [0.1, 0.15) is 20.7 Å². The van der Waals surface area contributed by atoms with Crippen LogP contribution in [0.3, 0.4) is 0 Å². The smallest absolute Gasteiger partial charge is 0.253 e. The molecule has 0 saturated carbocycles. The summed E-state index contributed by atoms with van der Waals surface area (Å²) in [5.41, 5.74) is 1.78. The highest BCUT2D eigenvalue weighted by Gasteiger charge is 2.14. The number of ketones is 1. The van der Waals surface area contributed by atoms with Gasteiger partial charge in [-0.25, -0.2) is 0 Å². The minimum absolute atomic E-state index is 0.108. The van der Waals surface area contributed by atoms with Crippen LogP contribution in [0.2, 0.25) is 10.0 Å². The van der Waals surface area contributed by atoms with Crippen molar-refractivity contribution in [2.75, 3.05) is 25.5 Å². The van der Waals surface area contributed by atoms with Crippen LogP contribution in [0.4, 0.5) is 5.69 Å². The van der Waals surface area contributed by atoms with Crippen molar-refractivity contribution < 1.29 is 9.59 Å². The van der Waals surface area contributed by atoms with Crippen LogP contribution in [0.5, 0.6) is 0 Å². The van der Waals surface area contributed by atoms with Gasteiger partial charge in [-0.3, -0.25) is 9.59 Å². The number of carbonyl (C=O) groups is 2. The molecule has 0 atom stereocenters. The molecule has 1 N–H and O–H groups in total. The largest absolute Gasteiger partial charge is 0.378 e. The maximum Gasteiger partial charge on any atom is 0.253 e. The van der Waals surface area contributed by atoms with E-state index in [0.29, 0.717) is 10.6 Å². The number of rotatable bonds is 5. The highest BCUT2D eigenvalue weighted by molar-refractivity contribution is 6.43. The molecule has 6 heteroatoms. The second kappa shape index (κ2) is 7.49. The Bertz CT molecular complexity index is 728. The third-order valence-electron chi connectivity index (χ3n) is 3.31. The molecule has 0 unspecified atom stereocenters. The first-order valence-corrected chi connectivity index (χ1v) is 7.68. The molecule has 1 amide bonds. The van der Waals surface area contributed by atoms with Crippen molar-refractivity contribution in [1.29, 1.82) is 0 Å². The summed E-state index contributed by atoms with van der Waals surface area (Å²) in [6, 6.07) is 11.9. The van der Waals surface area contributed by atoms with Gasteiger partial charge in [-0.2, -0.15) is 0 Å². The zero-order chi connectivity index (χ0) is 17.0. The molecule has 0 heterocycles. The summed E-state index contributed by atoms with van der Waals surface area (Å²) < 4.78 is 0. The molecular formula is C17H16Cl2N2O2. The van der Waals surface area contributed by atoms with E-state index in [1.807, 2.05) is 31.1 Å². The van der Waals surface area contributed by atoms with Gasteiger partial charge in [0, 0.05) is 25.3 Å². The number of hydrogen-bond acceptors (Lipinski definition) is 3. The highest BCUT2D eigenvalue weighted by Crippen LogP contribution is 2.25. The Labute approximate surface area is 145 Å². The summed E-state index contributed by atoms with van der Waals surface area (Å²) in [5.74, 6) is -0.613. The van der Waals surface area contributed by atoms with Crippen LogP contribution < -0.4 is 10.2 Å². The van der Waals surface area contributed by atoms with Gasteiger partial charge in [-0.1, -0.05) is 29.3 Å². The van der Waals surface area contributed by atoms with Crippen LogP contribution in [-0.4, -0.2) is 32.3 Å². The summed E-state index contributed by atoms with van der Waals surface area (Å²) in [6.45, 7) is -0.108. The lowest BCUT2D eigenvalue weighted by Crippen LogP contribution is -2.29. The van der Waals surface area contributed by atoms with Gasteiger partial charge in [-0.15, -0.1) is 0 Å². The SMILES string of the molecule is CN(C)c1ccc(C(=O)CNC(=O)c2cccc(Cl)c2Cl)cc1. The van der Waals surface area contributed by atoms with E-state index in [0.717, 1.165) is 5.69 Å². The second-order valence-electron chi connectivity index (χ2n) is 5.15. The zero-order valence-corrected chi connectivity index (χ0v) is 14.3. The third-order valence-corrected chi connectivity index (χ3v) is 4.13. The lowest BCUT2D eigenvalue weighted by Gasteiger charge is -2.12. The number of carbonyl (C=O) groups excluding carboxylic acids is 2. The van der Waals surface area contributed by atoms with E-state index in [9.17, 15) is 9.59 Å². The van der Waals surface area contributed by atoms with E-state index in [1.165, 1.54) is 0 Å². The molecule has 0 aromatic heterocycles. The summed E-state index contributed by atoms with van der Waals surface area (Å²) in [7, 11) is 3.84. The average molecular weight is 351 g/mol. The first kappa shape index (κ1) is 17.3. The van der Waals surface area contributed by atoms with E-state index in [-0.39, 0.29) is 22.9 Å². The van der Waals surface area contributed by atoms with Crippen molar-refractivity contribution in [1.82, 2.24) is 5.32 Å². The van der Waals surface area contributed by atoms with Crippen LogP contribution in [-0.2, 0) is 0 Å². The molecule has 0 aliphatic heterocycles. The van der Waals surface area contributed by atoms with Crippen molar-refractivity contribution in [2.45, 2.75) is 0 Å². The Morgan fingerprint density at radius 1 is 1.04 bits per heavy atom. The van der Waals surface area contributed by atoms with Gasteiger partial charge in [-0.05, 0) is 36.4 Å². The lowest BCUT2D eigenvalue weighted by atomic mass is 10.1. The number of benzene rings is 2. The Balaban J connectivity index is 2.01. The first-order chi connectivity index (χ1) is 10.9. The van der Waals surface area contributed by atoms with Gasteiger partial charge < -0.3 is 10.2 Å². The normalized spacial score (nSPS) is 10.3. The standard InChI is InChI=1S/C17H16Cl2N2O2/c1-21(2)12-8-6-11(7-9-12)15(22)10-20-17(23)13-4-3-5-14(18)16(13)19/h3-9H,10H2,1-2H3,(H,20,23). The number of hydrogen-bond donors (Lipinski definition) is 1. The Morgan fingerprint density at radius 3 is 2.30 bits per heavy atom. The monoisotopic (exact) mass is 350 g/mol. The highest BCUT2D eigenvalue weighted by atomic mass is 35.5. The molecular weight excluding hydrogens is 335 g/mol. The topological polar surface area (TPSA) is 49.4 Å². The average Bonchev–Trinajstić information content (AvgIpc) is 2.55. The zero-order valence-electron chi connectivity index (χ0n) is 12.8. The second-order valence-corrected chi connectivity index (χ2v) is 5.93. The fourth-order valence-electron chi connectivity index (χ4n) is 1.98. The van der Waals surface area contributed by atoms with Crippen molar-refractivity contribution >= 4 is 40.6 Å². The van der Waals surface area contributed by atoms with Crippen molar-refractivity contribution in [3.05, 3.63) is 63.6 Å². The van der Waals surface area contributed by atoms with E-state index in [2.05, 4.69) is 5.32 Å². The molecule has 0 spiro atoms. The summed E-state index contributed by atoms with van der Waals surface area (Å²) in [5, 5.41) is 3.03. The summed E-state index contributed by atoms with van der Waals surface area (Å²) in [4.78, 5) is 26.2. The van der Waals surface area contributed by atoms with E-state index >= 15 is 0 Å². The molecule has 2 aromatic carbocycles. The molecule has 0 saturated heterocycles. The lowest BCUT2D eigenvalue weighted by molar-refractivity contribution is 0.0904. The van der Waals surface area contributed by atoms with Crippen LogP contribution in [0.25, 0.3) is 0 Å². The quantitative estimate of drug-likeness (QED) is 0.837. The molecule has 2 rings (SSSR count). The van der Waals surface area contributed by atoms with Crippen molar-refractivity contribution in [3.63, 3.8) is 0 Å². The van der Waals surface area contributed by atoms with Crippen LogP contribution >= 0.6 is 23.2 Å². The Kier molecular flexibility index (Phi) is 5.64. The number of anilines is 1. The van der Waals surface area contributed by atoms with E-state index in [1.54, 1.807) is 30.3 Å². The Hall–Kier alpha value is -2.04. The molecule has 4 nitrogen and oxygen atoms in total. The molecule has 120 valence electrons. The fourth-order valence-corrected chi connectivity index (χ4v) is 2.37. The number of amides is 1. The van der Waals surface area contributed by atoms with Crippen LogP contribution in [0.15, 0.2) is 42.5 Å². The van der Waals surface area contributed by atoms with Gasteiger partial charge in [0.25, 0.3) is 5.91 Å². The minimum atomic E-state index is -0.434. The van der Waals surface area contributed by atoms with E-state index in [4.69, 9.17) is 23.2 Å². The number of nitrogens with one attached hydrogen (secondary N) is 1. The Morgan fingerprint density at radius 2 is 1.70 bits per heavy atom. The van der Waals surface area contributed by atoms with Crippen molar-refractivity contribution in [3.8, 4) is 0 Å². The minimum Gasteiger partial charge on any atom is -0.378 e. The predicted octanol–water partition coefficient (Wildman–Crippen LogP) is 3.67. The van der Waals surface area contributed by atoms with E-state index < -0.39 is 5.91 Å². The van der Waals surface area contributed by atoms with Crippen LogP contribution in [0, 0.1) is 0 Å². The molecule has 0 fully saturated rings. The number of nitrogens with zero attached hydrogens (tertiary/aromatic N) is 1. The third kappa shape index (κ3) is 4.24. The molecule has 2 aromatic rings. The molecule has 0 aliphatic rings. The number of Topliss-reactive ketones (excluding diaryl/α,β-unsaturated/α-hetero) is 1. The fraction of sp³-hybridized carbons (Fsp3) is 0.176. The summed E-state index contributed by atoms with van der Waals surface area (Å²) in [6.07, 6.45) is 0. The van der Waals surface area contributed by atoms with Gasteiger partial charge in [0.1, 0.15) is 0 Å². The summed E-state index contributed by atoms with van der Waals surface area (Å²) >= 11 is 11.9. The van der Waals surface area contributed by atoms with Crippen molar-refractivity contribution in [2.24, 2.45) is 0 Å². The molecule has 0 bridgehead atoms. The first-order valence-electron chi connectivity index (χ1n) is 6.93. The van der Waals surface area contributed by atoms with Gasteiger partial charge in [0.05, 0.1) is 22.2 Å². The van der Waals surface area contributed by atoms with Gasteiger partial charge >= 0.3 is 0 Å². The predicted molar refractivity (Wildman–Crippen MR) is 93.9 cm³/mol. The molecule has 0 aliphatic carbocycles.